The van der Waals surface area contributed by atoms with Crippen LogP contribution in [0.4, 0.5) is 5.82 Å². The van der Waals surface area contributed by atoms with Crippen LogP contribution in [0.5, 0.6) is 0 Å². The molecule has 0 aliphatic carbocycles. The monoisotopic (exact) mass is 287 g/mol. The highest BCUT2D eigenvalue weighted by atomic mass is 127. The Labute approximate surface area is 80.6 Å². The summed E-state index contributed by atoms with van der Waals surface area (Å²) in [6.45, 7) is 0. The molecular weight excluding hydrogens is 284 g/mol. The van der Waals surface area contributed by atoms with E-state index in [1.165, 1.54) is 10.7 Å². The first-order chi connectivity index (χ1) is 5.15. The Balaban J connectivity index is 3.05. The second kappa shape index (κ2) is 3.35. The minimum atomic E-state index is -0.550. The SMILES string of the molecule is O=[N+]([O-])c1cc(I)n(CCl)n1. The number of nitrogens with zero attached hydrogens (tertiary/aromatic N) is 3. The predicted molar refractivity (Wildman–Crippen MR) is 47.5 cm³/mol. The van der Waals surface area contributed by atoms with Gasteiger partial charge in [0.05, 0.1) is 11.2 Å². The Bertz CT molecular complexity index is 287. The Morgan fingerprint density at radius 1 is 1.91 bits per heavy atom. The number of aromatic nitrogens is 2. The first-order valence-corrected chi connectivity index (χ1v) is 4.20. The summed E-state index contributed by atoms with van der Waals surface area (Å²) >= 11 is 7.35. The molecule has 1 rings (SSSR count). The number of halogens is 2. The van der Waals surface area contributed by atoms with E-state index in [1.54, 1.807) is 0 Å². The molecule has 0 spiro atoms. The van der Waals surface area contributed by atoms with Gasteiger partial charge in [0.25, 0.3) is 0 Å². The summed E-state index contributed by atoms with van der Waals surface area (Å²) in [4.78, 5) is 9.62. The van der Waals surface area contributed by atoms with Crippen LogP contribution in [-0.2, 0) is 6.00 Å². The van der Waals surface area contributed by atoms with Gasteiger partial charge >= 0.3 is 5.82 Å². The fourth-order valence-corrected chi connectivity index (χ4v) is 1.50. The Morgan fingerprint density at radius 3 is 2.82 bits per heavy atom. The Kier molecular flexibility index (Phi) is 2.66. The van der Waals surface area contributed by atoms with Crippen LogP contribution < -0.4 is 0 Å². The van der Waals surface area contributed by atoms with Gasteiger partial charge in [-0.05, 0) is 27.5 Å². The van der Waals surface area contributed by atoms with Gasteiger partial charge in [-0.1, -0.05) is 11.6 Å². The van der Waals surface area contributed by atoms with E-state index in [9.17, 15) is 10.1 Å². The van der Waals surface area contributed by atoms with Gasteiger partial charge in [0.1, 0.15) is 9.70 Å². The fraction of sp³-hybridized carbons (Fsp3) is 0.250. The van der Waals surface area contributed by atoms with E-state index in [1.807, 2.05) is 22.6 Å². The second-order valence-electron chi connectivity index (χ2n) is 1.70. The van der Waals surface area contributed by atoms with Crippen LogP contribution in [0, 0.1) is 13.8 Å². The standard InChI is InChI=1S/C4H3ClIN3O2/c5-2-8-3(6)1-4(7-8)9(10)11/h1H,2H2. The molecule has 0 aliphatic heterocycles. The lowest BCUT2D eigenvalue weighted by Crippen LogP contribution is -1.97. The van der Waals surface area contributed by atoms with E-state index < -0.39 is 4.92 Å². The number of hydrogen-bond donors (Lipinski definition) is 0. The molecule has 1 aromatic rings. The van der Waals surface area contributed by atoms with Crippen molar-refractivity contribution in [3.8, 4) is 0 Å². The number of nitro groups is 1. The van der Waals surface area contributed by atoms with E-state index in [0.717, 1.165) is 0 Å². The minimum absolute atomic E-state index is 0.131. The zero-order valence-corrected chi connectivity index (χ0v) is 8.11. The van der Waals surface area contributed by atoms with Crippen molar-refractivity contribution in [3.63, 3.8) is 0 Å². The molecule has 0 bridgehead atoms. The van der Waals surface area contributed by atoms with E-state index in [0.29, 0.717) is 3.70 Å². The first kappa shape index (κ1) is 8.72. The van der Waals surface area contributed by atoms with Crippen LogP contribution >= 0.6 is 34.2 Å². The van der Waals surface area contributed by atoms with Gasteiger partial charge in [-0.2, -0.15) is 4.68 Å². The van der Waals surface area contributed by atoms with Crippen molar-refractivity contribution < 1.29 is 4.92 Å². The highest BCUT2D eigenvalue weighted by molar-refractivity contribution is 14.1. The van der Waals surface area contributed by atoms with E-state index in [4.69, 9.17) is 11.6 Å². The molecule has 11 heavy (non-hydrogen) atoms. The van der Waals surface area contributed by atoms with Crippen LogP contribution in [0.2, 0.25) is 0 Å². The summed E-state index contributed by atoms with van der Waals surface area (Å²) in [5.41, 5.74) is 0. The molecule has 0 unspecified atom stereocenters. The zero-order valence-electron chi connectivity index (χ0n) is 5.20. The topological polar surface area (TPSA) is 61.0 Å². The van der Waals surface area contributed by atoms with E-state index in [-0.39, 0.29) is 11.8 Å². The molecule has 5 nitrogen and oxygen atoms in total. The average Bonchev–Trinajstić information content (AvgIpc) is 2.31. The molecule has 1 aromatic heterocycles. The lowest BCUT2D eigenvalue weighted by atomic mass is 10.7. The van der Waals surface area contributed by atoms with Gasteiger partial charge in [-0.25, -0.2) is 0 Å². The number of alkyl halides is 1. The smallest absolute Gasteiger partial charge is 0.358 e. The molecule has 7 heteroatoms. The molecule has 0 radical (unpaired) electrons. The van der Waals surface area contributed by atoms with Gasteiger partial charge in [0.15, 0.2) is 0 Å². The Hall–Kier alpha value is -0.370. The van der Waals surface area contributed by atoms with E-state index in [2.05, 4.69) is 5.10 Å². The van der Waals surface area contributed by atoms with Crippen molar-refractivity contribution in [2.45, 2.75) is 6.00 Å². The third-order valence-electron chi connectivity index (χ3n) is 1.02. The summed E-state index contributed by atoms with van der Waals surface area (Å²) < 4.78 is 2.00. The molecule has 0 amide bonds. The van der Waals surface area contributed by atoms with Crippen LogP contribution in [-0.4, -0.2) is 14.7 Å². The molecule has 0 saturated heterocycles. The van der Waals surface area contributed by atoms with Crippen LogP contribution in [0.3, 0.4) is 0 Å². The summed E-state index contributed by atoms with van der Waals surface area (Å²) in [6.07, 6.45) is 0. The summed E-state index contributed by atoms with van der Waals surface area (Å²) in [5.74, 6) is -0.171. The van der Waals surface area contributed by atoms with Crippen molar-refractivity contribution in [1.29, 1.82) is 0 Å². The van der Waals surface area contributed by atoms with Crippen molar-refractivity contribution in [2.75, 3.05) is 0 Å². The molecule has 0 aliphatic rings. The normalized spacial score (nSPS) is 10.0. The van der Waals surface area contributed by atoms with E-state index >= 15 is 0 Å². The number of rotatable bonds is 2. The minimum Gasteiger partial charge on any atom is -0.358 e. The molecule has 0 saturated carbocycles. The van der Waals surface area contributed by atoms with Gasteiger partial charge in [-0.3, -0.25) is 0 Å². The maximum Gasteiger partial charge on any atom is 0.391 e. The van der Waals surface area contributed by atoms with Crippen molar-refractivity contribution in [2.24, 2.45) is 0 Å². The summed E-state index contributed by atoms with van der Waals surface area (Å²) in [5, 5.41) is 13.8. The van der Waals surface area contributed by atoms with Crippen LogP contribution in [0.1, 0.15) is 0 Å². The maximum atomic E-state index is 10.2. The third-order valence-corrected chi connectivity index (χ3v) is 2.11. The van der Waals surface area contributed by atoms with Gasteiger partial charge in [-0.15, -0.1) is 0 Å². The highest BCUT2D eigenvalue weighted by Crippen LogP contribution is 2.13. The zero-order chi connectivity index (χ0) is 8.43. The molecule has 0 atom stereocenters. The fourth-order valence-electron chi connectivity index (χ4n) is 0.554. The Morgan fingerprint density at radius 2 is 2.55 bits per heavy atom. The quantitative estimate of drug-likeness (QED) is 0.359. The first-order valence-electron chi connectivity index (χ1n) is 2.59. The molecule has 1 heterocycles. The molecule has 0 fully saturated rings. The largest absolute Gasteiger partial charge is 0.391 e. The van der Waals surface area contributed by atoms with Gasteiger partial charge < -0.3 is 10.1 Å². The van der Waals surface area contributed by atoms with Crippen molar-refractivity contribution in [3.05, 3.63) is 19.9 Å². The molecular formula is C4H3ClIN3O2. The average molecular weight is 287 g/mol. The summed E-state index contributed by atoms with van der Waals surface area (Å²) in [7, 11) is 0. The maximum absolute atomic E-state index is 10.2. The second-order valence-corrected chi connectivity index (χ2v) is 3.05. The van der Waals surface area contributed by atoms with Crippen LogP contribution in [0.15, 0.2) is 6.07 Å². The summed E-state index contributed by atoms with van der Waals surface area (Å²) in [6, 6.07) is 1.50. The lowest BCUT2D eigenvalue weighted by Gasteiger charge is -1.85. The van der Waals surface area contributed by atoms with Crippen LogP contribution in [0.25, 0.3) is 0 Å². The molecule has 60 valence electrons. The van der Waals surface area contributed by atoms with Gasteiger partial charge in [0.2, 0.25) is 0 Å². The molecule has 0 N–H and O–H groups in total. The van der Waals surface area contributed by atoms with Crippen molar-refractivity contribution >= 4 is 40.0 Å². The van der Waals surface area contributed by atoms with Crippen molar-refractivity contribution in [1.82, 2.24) is 9.78 Å². The number of hydrogen-bond acceptors (Lipinski definition) is 3. The molecule has 0 aromatic carbocycles. The third kappa shape index (κ3) is 1.80. The lowest BCUT2D eigenvalue weighted by molar-refractivity contribution is -0.389. The predicted octanol–water partition coefficient (Wildman–Crippen LogP) is 1.59. The highest BCUT2D eigenvalue weighted by Gasteiger charge is 2.14. The van der Waals surface area contributed by atoms with Gasteiger partial charge in [0, 0.05) is 0 Å².